The van der Waals surface area contributed by atoms with Gasteiger partial charge in [0.05, 0.1) is 23.4 Å². The number of benzene rings is 2. The summed E-state index contributed by atoms with van der Waals surface area (Å²) in [6.45, 7) is 0. The van der Waals surface area contributed by atoms with E-state index in [1.54, 1.807) is 11.2 Å². The highest BCUT2D eigenvalue weighted by Gasteiger charge is 2.04. The van der Waals surface area contributed by atoms with Gasteiger partial charge in [0, 0.05) is 29.7 Å². The Morgan fingerprint density at radius 2 is 1.83 bits per heavy atom. The molecule has 0 amide bonds. The molecule has 0 bridgehead atoms. The number of H-pyrrole nitrogens is 1. The van der Waals surface area contributed by atoms with E-state index in [1.807, 2.05) is 61.9 Å². The van der Waals surface area contributed by atoms with Crippen molar-refractivity contribution in [3.63, 3.8) is 0 Å². The third-order valence-electron chi connectivity index (χ3n) is 3.76. The zero-order chi connectivity index (χ0) is 15.6. The van der Waals surface area contributed by atoms with E-state index in [-0.39, 0.29) is 0 Å². The fourth-order valence-electron chi connectivity index (χ4n) is 2.51. The van der Waals surface area contributed by atoms with Gasteiger partial charge in [0.15, 0.2) is 5.82 Å². The van der Waals surface area contributed by atoms with E-state index >= 15 is 0 Å². The van der Waals surface area contributed by atoms with Crippen LogP contribution in [0, 0.1) is 0 Å². The molecule has 23 heavy (non-hydrogen) atoms. The van der Waals surface area contributed by atoms with Crippen LogP contribution in [0.25, 0.3) is 21.9 Å². The number of aromatic amines is 1. The predicted molar refractivity (Wildman–Crippen MR) is 93.8 cm³/mol. The number of para-hydroxylation sites is 3. The van der Waals surface area contributed by atoms with Gasteiger partial charge < -0.3 is 4.98 Å². The van der Waals surface area contributed by atoms with E-state index in [1.165, 1.54) is 0 Å². The van der Waals surface area contributed by atoms with Gasteiger partial charge in [-0.15, -0.1) is 0 Å². The summed E-state index contributed by atoms with van der Waals surface area (Å²) in [6, 6.07) is 16.0. The lowest BCUT2D eigenvalue weighted by atomic mass is 10.2. The number of hydrogen-bond acceptors (Lipinski definition) is 4. The molecule has 0 saturated carbocycles. The molecule has 0 aliphatic carbocycles. The normalized spacial score (nSPS) is 11.5. The van der Waals surface area contributed by atoms with Crippen LogP contribution in [0.2, 0.25) is 0 Å². The Morgan fingerprint density at radius 3 is 2.74 bits per heavy atom. The molecule has 4 aromatic rings. The number of hydrogen-bond donors (Lipinski definition) is 1. The second kappa shape index (κ2) is 5.53. The topological polar surface area (TPSA) is 57.2 Å². The Balaban J connectivity index is 1.64. The first-order valence-electron chi connectivity index (χ1n) is 7.37. The van der Waals surface area contributed by atoms with Gasteiger partial charge in [0.1, 0.15) is 0 Å². The fourth-order valence-corrected chi connectivity index (χ4v) is 2.51. The summed E-state index contributed by atoms with van der Waals surface area (Å²) in [5.74, 6) is 0.708. The summed E-state index contributed by atoms with van der Waals surface area (Å²) in [6.07, 6.45) is 5.51. The number of nitrogens with zero attached hydrogens (tertiary/aromatic N) is 4. The molecule has 1 N–H and O–H groups in total. The minimum atomic E-state index is 0.708. The van der Waals surface area contributed by atoms with Crippen molar-refractivity contribution in [3.8, 4) is 0 Å². The van der Waals surface area contributed by atoms with Crippen LogP contribution >= 0.6 is 0 Å². The van der Waals surface area contributed by atoms with Crippen molar-refractivity contribution < 1.29 is 0 Å². The monoisotopic (exact) mass is 301 g/mol. The lowest BCUT2D eigenvalue weighted by Gasteiger charge is -2.11. The summed E-state index contributed by atoms with van der Waals surface area (Å²) in [5.41, 5.74) is 3.88. The maximum absolute atomic E-state index is 4.58. The number of rotatable bonds is 3. The van der Waals surface area contributed by atoms with Crippen LogP contribution in [-0.2, 0) is 0 Å². The number of nitrogens with one attached hydrogen (secondary N) is 1. The molecule has 2 aromatic carbocycles. The molecule has 0 aliphatic heterocycles. The summed E-state index contributed by atoms with van der Waals surface area (Å²) >= 11 is 0. The molecule has 4 rings (SSSR count). The predicted octanol–water partition coefficient (Wildman–Crippen LogP) is 3.58. The molecule has 5 nitrogen and oxygen atoms in total. The number of aromatic nitrogens is 3. The minimum absolute atomic E-state index is 0.708. The van der Waals surface area contributed by atoms with Crippen molar-refractivity contribution in [2.24, 2.45) is 5.10 Å². The fraction of sp³-hybridized carbons (Fsp3) is 0.0556. The van der Waals surface area contributed by atoms with Gasteiger partial charge >= 0.3 is 0 Å². The third kappa shape index (κ3) is 2.53. The van der Waals surface area contributed by atoms with Crippen molar-refractivity contribution in [2.75, 3.05) is 12.1 Å². The van der Waals surface area contributed by atoms with Crippen LogP contribution in [0.5, 0.6) is 0 Å². The second-order valence-electron chi connectivity index (χ2n) is 5.27. The van der Waals surface area contributed by atoms with Gasteiger partial charge in [0.2, 0.25) is 0 Å². The first kappa shape index (κ1) is 13.5. The Kier molecular flexibility index (Phi) is 3.24. The van der Waals surface area contributed by atoms with Crippen molar-refractivity contribution in [1.82, 2.24) is 15.0 Å². The third-order valence-corrected chi connectivity index (χ3v) is 3.76. The molecule has 0 atom stereocenters. The highest BCUT2D eigenvalue weighted by molar-refractivity contribution is 5.99. The highest BCUT2D eigenvalue weighted by Crippen LogP contribution is 2.17. The van der Waals surface area contributed by atoms with Crippen LogP contribution < -0.4 is 5.01 Å². The van der Waals surface area contributed by atoms with Crippen molar-refractivity contribution in [2.45, 2.75) is 0 Å². The first-order chi connectivity index (χ1) is 11.3. The summed E-state index contributed by atoms with van der Waals surface area (Å²) in [4.78, 5) is 12.2. The molecule has 2 heterocycles. The smallest absolute Gasteiger partial charge is 0.167 e. The largest absolute Gasteiger partial charge is 0.361 e. The zero-order valence-corrected chi connectivity index (χ0v) is 12.6. The maximum atomic E-state index is 4.58. The maximum Gasteiger partial charge on any atom is 0.167 e. The molecule has 5 heteroatoms. The van der Waals surface area contributed by atoms with Crippen molar-refractivity contribution >= 4 is 34.0 Å². The first-order valence-corrected chi connectivity index (χ1v) is 7.37. The summed E-state index contributed by atoms with van der Waals surface area (Å²) in [7, 11) is 1.87. The van der Waals surface area contributed by atoms with Crippen molar-refractivity contribution in [1.29, 1.82) is 0 Å². The average Bonchev–Trinajstić information content (AvgIpc) is 3.02. The van der Waals surface area contributed by atoms with E-state index in [4.69, 9.17) is 0 Å². The Hall–Kier alpha value is -3.21. The highest BCUT2D eigenvalue weighted by atomic mass is 15.5. The molecule has 0 aliphatic rings. The molecular formula is C18H15N5. The van der Waals surface area contributed by atoms with E-state index in [9.17, 15) is 0 Å². The summed E-state index contributed by atoms with van der Waals surface area (Å²) < 4.78 is 0. The Labute approximate surface area is 133 Å². The molecule has 0 saturated heterocycles. The molecule has 2 aromatic heterocycles. The van der Waals surface area contributed by atoms with E-state index in [0.29, 0.717) is 5.82 Å². The number of fused-ring (bicyclic) bond motifs is 2. The number of anilines is 1. The van der Waals surface area contributed by atoms with Crippen LogP contribution in [0.4, 0.5) is 5.82 Å². The molecule has 0 radical (unpaired) electrons. The average molecular weight is 301 g/mol. The quantitative estimate of drug-likeness (QED) is 0.465. The Bertz CT molecular complexity index is 1000. The Morgan fingerprint density at radius 1 is 1.04 bits per heavy atom. The second-order valence-corrected chi connectivity index (χ2v) is 5.27. The standard InChI is InChI=1S/C18H15N5/c1-23(18-12-20-16-8-4-5-9-17(16)22-18)21-11-13-10-19-15-7-3-2-6-14(13)15/h2-12,19H,1H3/b21-11+. The van der Waals surface area contributed by atoms with Crippen LogP contribution in [0.15, 0.2) is 66.0 Å². The lowest BCUT2D eigenvalue weighted by Crippen LogP contribution is -2.11. The molecule has 112 valence electrons. The van der Waals surface area contributed by atoms with Gasteiger partial charge in [-0.05, 0) is 18.2 Å². The van der Waals surface area contributed by atoms with E-state index < -0.39 is 0 Å². The number of hydrazone groups is 1. The molecule has 0 fully saturated rings. The molecule has 0 unspecified atom stereocenters. The van der Waals surface area contributed by atoms with Crippen LogP contribution in [-0.4, -0.2) is 28.2 Å². The van der Waals surface area contributed by atoms with Gasteiger partial charge in [-0.2, -0.15) is 5.10 Å². The van der Waals surface area contributed by atoms with E-state index in [0.717, 1.165) is 27.5 Å². The van der Waals surface area contributed by atoms with Gasteiger partial charge in [-0.3, -0.25) is 4.98 Å². The lowest BCUT2D eigenvalue weighted by molar-refractivity contribution is 0.981. The van der Waals surface area contributed by atoms with Gasteiger partial charge in [-0.1, -0.05) is 30.3 Å². The minimum Gasteiger partial charge on any atom is -0.361 e. The SMILES string of the molecule is CN(/N=C/c1c[nH]c2ccccc12)c1cnc2ccccc2n1. The van der Waals surface area contributed by atoms with Gasteiger partial charge in [0.25, 0.3) is 0 Å². The van der Waals surface area contributed by atoms with Gasteiger partial charge in [-0.25, -0.2) is 9.99 Å². The zero-order valence-electron chi connectivity index (χ0n) is 12.6. The molecular weight excluding hydrogens is 286 g/mol. The van der Waals surface area contributed by atoms with Crippen molar-refractivity contribution in [3.05, 3.63) is 66.5 Å². The van der Waals surface area contributed by atoms with E-state index in [2.05, 4.69) is 26.1 Å². The van der Waals surface area contributed by atoms with Crippen LogP contribution in [0.3, 0.4) is 0 Å². The van der Waals surface area contributed by atoms with Crippen LogP contribution in [0.1, 0.15) is 5.56 Å². The summed E-state index contributed by atoms with van der Waals surface area (Å²) in [5, 5.41) is 7.35. The molecule has 0 spiro atoms.